The first kappa shape index (κ1) is 19.8. The molecule has 0 saturated carbocycles. The zero-order valence-corrected chi connectivity index (χ0v) is 16.9. The number of benzene rings is 2. The smallest absolute Gasteiger partial charge is 0.243 e. The summed E-state index contributed by atoms with van der Waals surface area (Å²) in [6.45, 7) is 1.95. The van der Waals surface area contributed by atoms with Crippen molar-refractivity contribution in [3.63, 3.8) is 0 Å². The summed E-state index contributed by atoms with van der Waals surface area (Å²) in [5, 5.41) is 6.79. The number of hydrogen-bond acceptors (Lipinski definition) is 3. The summed E-state index contributed by atoms with van der Waals surface area (Å²) in [5.41, 5.74) is 2.02. The third kappa shape index (κ3) is 5.51. The van der Waals surface area contributed by atoms with Gasteiger partial charge >= 0.3 is 0 Å². The molecule has 1 aliphatic rings. The quantitative estimate of drug-likeness (QED) is 0.724. The van der Waals surface area contributed by atoms with E-state index >= 15 is 0 Å². The van der Waals surface area contributed by atoms with Crippen LogP contribution in [0.3, 0.4) is 0 Å². The maximum atomic E-state index is 12.7. The fourth-order valence-corrected chi connectivity index (χ4v) is 4.84. The van der Waals surface area contributed by atoms with Gasteiger partial charge in [0, 0.05) is 25.3 Å². The average molecular weight is 404 g/mol. The molecule has 2 aromatic rings. The monoisotopic (exact) mass is 403 g/mol. The van der Waals surface area contributed by atoms with Gasteiger partial charge in [-0.05, 0) is 61.3 Å². The number of hydrogen-bond donors (Lipinski definition) is 2. The minimum absolute atomic E-state index is 0.331. The van der Waals surface area contributed by atoms with Crippen LogP contribution in [0.2, 0.25) is 0 Å². The number of nitrogens with one attached hydrogen (secondary N) is 2. The van der Waals surface area contributed by atoms with Crippen molar-refractivity contribution >= 4 is 33.0 Å². The lowest BCUT2D eigenvalue weighted by molar-refractivity contribution is 0.346. The van der Waals surface area contributed by atoms with Crippen LogP contribution in [0.5, 0.6) is 0 Å². The molecular formula is C20H25N3O2S2. The van der Waals surface area contributed by atoms with Gasteiger partial charge < -0.3 is 10.6 Å². The van der Waals surface area contributed by atoms with E-state index in [2.05, 4.69) is 22.8 Å². The summed E-state index contributed by atoms with van der Waals surface area (Å²) in [5.74, 6) is 0. The van der Waals surface area contributed by atoms with Gasteiger partial charge in [0.15, 0.2) is 5.11 Å². The molecule has 1 fully saturated rings. The molecule has 3 rings (SSSR count). The zero-order chi connectivity index (χ0) is 19.1. The van der Waals surface area contributed by atoms with Crippen LogP contribution in [0.15, 0.2) is 59.5 Å². The van der Waals surface area contributed by atoms with E-state index in [-0.39, 0.29) is 0 Å². The lowest BCUT2D eigenvalue weighted by Gasteiger charge is -2.25. The van der Waals surface area contributed by atoms with E-state index in [0.29, 0.717) is 23.1 Å². The predicted octanol–water partition coefficient (Wildman–Crippen LogP) is 3.39. The molecular weight excluding hydrogens is 378 g/mol. The number of rotatable bonds is 6. The SMILES string of the molecule is O=S(=O)(c1ccc(NC(=S)NCCc2ccccc2)cc1)N1CCCCC1. The van der Waals surface area contributed by atoms with Crippen LogP contribution in [0.4, 0.5) is 5.69 Å². The minimum Gasteiger partial charge on any atom is -0.362 e. The van der Waals surface area contributed by atoms with Gasteiger partial charge in [-0.3, -0.25) is 0 Å². The number of piperidine rings is 1. The van der Waals surface area contributed by atoms with Crippen molar-refractivity contribution < 1.29 is 8.42 Å². The molecule has 2 aromatic carbocycles. The Labute approximate surface area is 166 Å². The van der Waals surface area contributed by atoms with Crippen molar-refractivity contribution in [2.24, 2.45) is 0 Å². The molecule has 2 N–H and O–H groups in total. The van der Waals surface area contributed by atoms with Crippen molar-refractivity contribution in [3.8, 4) is 0 Å². The first-order valence-corrected chi connectivity index (χ1v) is 11.1. The number of nitrogens with zero attached hydrogens (tertiary/aromatic N) is 1. The van der Waals surface area contributed by atoms with Crippen molar-refractivity contribution in [2.75, 3.05) is 25.0 Å². The number of anilines is 1. The molecule has 27 heavy (non-hydrogen) atoms. The summed E-state index contributed by atoms with van der Waals surface area (Å²) >= 11 is 5.31. The van der Waals surface area contributed by atoms with E-state index in [1.165, 1.54) is 5.56 Å². The van der Waals surface area contributed by atoms with Crippen LogP contribution < -0.4 is 10.6 Å². The molecule has 1 saturated heterocycles. The highest BCUT2D eigenvalue weighted by atomic mass is 32.2. The lowest BCUT2D eigenvalue weighted by Crippen LogP contribution is -2.35. The normalized spacial score (nSPS) is 15.3. The van der Waals surface area contributed by atoms with Crippen molar-refractivity contribution in [1.29, 1.82) is 0 Å². The van der Waals surface area contributed by atoms with Gasteiger partial charge in [-0.2, -0.15) is 4.31 Å². The fourth-order valence-electron chi connectivity index (χ4n) is 3.10. The zero-order valence-electron chi connectivity index (χ0n) is 15.2. The highest BCUT2D eigenvalue weighted by molar-refractivity contribution is 7.89. The summed E-state index contributed by atoms with van der Waals surface area (Å²) in [7, 11) is -3.39. The van der Waals surface area contributed by atoms with Crippen LogP contribution in [-0.2, 0) is 16.4 Å². The Morgan fingerprint density at radius 2 is 1.63 bits per heavy atom. The van der Waals surface area contributed by atoms with E-state index in [9.17, 15) is 8.42 Å². The number of sulfonamides is 1. The lowest BCUT2D eigenvalue weighted by atomic mass is 10.1. The van der Waals surface area contributed by atoms with Crippen molar-refractivity contribution in [3.05, 3.63) is 60.2 Å². The molecule has 1 aliphatic heterocycles. The van der Waals surface area contributed by atoms with Crippen molar-refractivity contribution in [2.45, 2.75) is 30.6 Å². The maximum absolute atomic E-state index is 12.7. The standard InChI is InChI=1S/C20H25N3O2S2/c24-27(25,23-15-5-2-6-16-23)19-11-9-18(10-12-19)22-20(26)21-14-13-17-7-3-1-4-8-17/h1,3-4,7-12H,2,5-6,13-16H2,(H2,21,22,26). The van der Waals surface area contributed by atoms with Crippen LogP contribution in [0.1, 0.15) is 24.8 Å². The molecule has 5 nitrogen and oxygen atoms in total. The van der Waals surface area contributed by atoms with Gasteiger partial charge in [0.05, 0.1) is 4.90 Å². The van der Waals surface area contributed by atoms with Gasteiger partial charge in [0.25, 0.3) is 0 Å². The van der Waals surface area contributed by atoms with Crippen LogP contribution in [0, 0.1) is 0 Å². The molecule has 7 heteroatoms. The first-order valence-electron chi connectivity index (χ1n) is 9.25. The Balaban J connectivity index is 1.51. The summed E-state index contributed by atoms with van der Waals surface area (Å²) < 4.78 is 26.9. The second-order valence-electron chi connectivity index (χ2n) is 6.61. The van der Waals surface area contributed by atoms with Crippen LogP contribution in [-0.4, -0.2) is 37.5 Å². The molecule has 0 atom stereocenters. The Hall–Kier alpha value is -1.96. The number of thiocarbonyl (C=S) groups is 1. The second kappa shape index (κ2) is 9.30. The van der Waals surface area contributed by atoms with E-state index in [4.69, 9.17) is 12.2 Å². The molecule has 0 amide bonds. The highest BCUT2D eigenvalue weighted by Crippen LogP contribution is 2.21. The molecule has 0 aromatic heterocycles. The minimum atomic E-state index is -3.39. The highest BCUT2D eigenvalue weighted by Gasteiger charge is 2.25. The first-order chi connectivity index (χ1) is 13.1. The van der Waals surface area contributed by atoms with Crippen LogP contribution >= 0.6 is 12.2 Å². The van der Waals surface area contributed by atoms with E-state index in [0.717, 1.165) is 37.9 Å². The third-order valence-corrected chi connectivity index (χ3v) is 6.77. The Bertz CT molecular complexity index is 847. The summed E-state index contributed by atoms with van der Waals surface area (Å²) in [4.78, 5) is 0.331. The van der Waals surface area contributed by atoms with Gasteiger partial charge in [0.1, 0.15) is 0 Å². The molecule has 0 unspecified atom stereocenters. The van der Waals surface area contributed by atoms with Crippen LogP contribution in [0.25, 0.3) is 0 Å². The molecule has 0 aliphatic carbocycles. The van der Waals surface area contributed by atoms with Gasteiger partial charge in [-0.15, -0.1) is 0 Å². The molecule has 0 radical (unpaired) electrons. The maximum Gasteiger partial charge on any atom is 0.243 e. The Morgan fingerprint density at radius 3 is 2.30 bits per heavy atom. The predicted molar refractivity (Wildman–Crippen MR) is 113 cm³/mol. The van der Waals surface area contributed by atoms with Gasteiger partial charge in [0.2, 0.25) is 10.0 Å². The molecule has 0 bridgehead atoms. The Kier molecular flexibility index (Phi) is 6.82. The van der Waals surface area contributed by atoms with E-state index in [1.54, 1.807) is 28.6 Å². The topological polar surface area (TPSA) is 61.4 Å². The summed E-state index contributed by atoms with van der Waals surface area (Å²) in [6.07, 6.45) is 3.85. The molecule has 144 valence electrons. The van der Waals surface area contributed by atoms with Gasteiger partial charge in [-0.1, -0.05) is 36.8 Å². The van der Waals surface area contributed by atoms with Gasteiger partial charge in [-0.25, -0.2) is 8.42 Å². The van der Waals surface area contributed by atoms with E-state index < -0.39 is 10.0 Å². The van der Waals surface area contributed by atoms with E-state index in [1.807, 2.05) is 18.2 Å². The Morgan fingerprint density at radius 1 is 0.963 bits per heavy atom. The fraction of sp³-hybridized carbons (Fsp3) is 0.350. The largest absolute Gasteiger partial charge is 0.362 e. The molecule has 1 heterocycles. The third-order valence-electron chi connectivity index (χ3n) is 4.61. The van der Waals surface area contributed by atoms with Crippen molar-refractivity contribution in [1.82, 2.24) is 9.62 Å². The second-order valence-corrected chi connectivity index (χ2v) is 8.95. The average Bonchev–Trinajstić information content (AvgIpc) is 2.70. The summed E-state index contributed by atoms with van der Waals surface area (Å²) in [6, 6.07) is 17.0. The molecule has 0 spiro atoms.